The molecular formula is C50H44N4. The zero-order valence-electron chi connectivity index (χ0n) is 31.0. The highest BCUT2D eigenvalue weighted by Gasteiger charge is 2.45. The van der Waals surface area contributed by atoms with Crippen molar-refractivity contribution in [3.05, 3.63) is 151 Å². The third kappa shape index (κ3) is 6.28. The molecule has 0 saturated heterocycles. The van der Waals surface area contributed by atoms with Gasteiger partial charge in [-0.25, -0.2) is 15.0 Å². The summed E-state index contributed by atoms with van der Waals surface area (Å²) in [5.41, 5.74) is 9.75. The summed E-state index contributed by atoms with van der Waals surface area (Å²) in [5, 5.41) is 11.7. The summed E-state index contributed by atoms with van der Waals surface area (Å²) >= 11 is 0. The Morgan fingerprint density at radius 1 is 0.574 bits per heavy atom. The Labute approximate surface area is 318 Å². The van der Waals surface area contributed by atoms with Gasteiger partial charge in [-0.05, 0) is 107 Å². The molecule has 1 heterocycles. The van der Waals surface area contributed by atoms with E-state index < -0.39 is 0 Å². The number of benzene rings is 6. The molecule has 6 aromatic carbocycles. The van der Waals surface area contributed by atoms with Crippen molar-refractivity contribution >= 4 is 10.8 Å². The molecule has 7 aromatic rings. The molecule has 0 radical (unpaired) electrons. The standard InChI is InChI=1S/C50H44N4/c1-3-34-27-35-26-33(2)29-50(30-34,31-35)41-23-20-36(21-24-41)39-22-25-45(46(28-39)37-12-6-4-7-13-37)49-53-47(38-14-8-5-9-15-38)52-48(54-49)44-19-11-17-42-40(32-51)16-10-18-43(42)44/h4-25,28,33-35H,3,26-27,29-31H2,1-2H3/t33-,34+,35-,50?/m0/s1. The molecule has 4 atom stereocenters. The van der Waals surface area contributed by atoms with Crippen molar-refractivity contribution in [1.29, 1.82) is 5.26 Å². The van der Waals surface area contributed by atoms with Crippen molar-refractivity contribution < 1.29 is 0 Å². The fourth-order valence-electron chi connectivity index (χ4n) is 9.88. The lowest BCUT2D eigenvalue weighted by Gasteiger charge is -2.51. The predicted molar refractivity (Wildman–Crippen MR) is 220 cm³/mol. The van der Waals surface area contributed by atoms with E-state index in [0.717, 1.165) is 56.3 Å². The van der Waals surface area contributed by atoms with Gasteiger partial charge in [-0.1, -0.05) is 142 Å². The van der Waals surface area contributed by atoms with Crippen molar-refractivity contribution in [2.45, 2.75) is 57.8 Å². The van der Waals surface area contributed by atoms with Crippen LogP contribution in [0.15, 0.2) is 140 Å². The molecule has 264 valence electrons. The highest BCUT2D eigenvalue weighted by atomic mass is 15.0. The van der Waals surface area contributed by atoms with E-state index in [-0.39, 0.29) is 0 Å². The molecule has 2 bridgehead atoms. The van der Waals surface area contributed by atoms with Gasteiger partial charge >= 0.3 is 0 Å². The van der Waals surface area contributed by atoms with E-state index in [1.807, 2.05) is 66.7 Å². The van der Waals surface area contributed by atoms with E-state index in [0.29, 0.717) is 28.5 Å². The van der Waals surface area contributed by atoms with Crippen LogP contribution in [0, 0.1) is 29.1 Å². The average Bonchev–Trinajstić information content (AvgIpc) is 3.23. The Morgan fingerprint density at radius 2 is 1.24 bits per heavy atom. The van der Waals surface area contributed by atoms with Gasteiger partial charge in [0.1, 0.15) is 0 Å². The van der Waals surface area contributed by atoms with Crippen LogP contribution in [0.25, 0.3) is 67.2 Å². The summed E-state index contributed by atoms with van der Waals surface area (Å²) < 4.78 is 0. The molecule has 2 fully saturated rings. The third-order valence-electron chi connectivity index (χ3n) is 12.2. The summed E-state index contributed by atoms with van der Waals surface area (Å²) in [6, 6.07) is 51.1. The monoisotopic (exact) mass is 700 g/mol. The summed E-state index contributed by atoms with van der Waals surface area (Å²) in [5.74, 6) is 4.28. The molecule has 2 aliphatic carbocycles. The van der Waals surface area contributed by atoms with Gasteiger partial charge < -0.3 is 0 Å². The maximum Gasteiger partial charge on any atom is 0.164 e. The minimum atomic E-state index is 0.311. The fourth-order valence-corrected chi connectivity index (χ4v) is 9.88. The fraction of sp³-hybridized carbons (Fsp3) is 0.240. The molecule has 1 unspecified atom stereocenters. The van der Waals surface area contributed by atoms with Gasteiger partial charge in [0.15, 0.2) is 17.5 Å². The smallest absolute Gasteiger partial charge is 0.164 e. The highest BCUT2D eigenvalue weighted by Crippen LogP contribution is 2.55. The molecule has 4 nitrogen and oxygen atoms in total. The molecule has 2 saturated carbocycles. The summed E-state index contributed by atoms with van der Waals surface area (Å²) in [4.78, 5) is 15.4. The van der Waals surface area contributed by atoms with Gasteiger partial charge in [0.05, 0.1) is 11.6 Å². The van der Waals surface area contributed by atoms with Crippen molar-refractivity contribution in [2.75, 3.05) is 0 Å². The van der Waals surface area contributed by atoms with E-state index in [9.17, 15) is 5.26 Å². The molecule has 0 aliphatic heterocycles. The number of nitriles is 1. The molecule has 0 spiro atoms. The minimum absolute atomic E-state index is 0.311. The second-order valence-corrected chi connectivity index (χ2v) is 15.8. The molecule has 0 N–H and O–H groups in total. The van der Waals surface area contributed by atoms with Crippen LogP contribution in [0.2, 0.25) is 0 Å². The van der Waals surface area contributed by atoms with Crippen molar-refractivity contribution in [1.82, 2.24) is 15.0 Å². The number of hydrogen-bond donors (Lipinski definition) is 0. The first kappa shape index (κ1) is 33.9. The zero-order chi connectivity index (χ0) is 36.6. The van der Waals surface area contributed by atoms with Crippen molar-refractivity contribution in [3.63, 3.8) is 0 Å². The molecule has 54 heavy (non-hydrogen) atoms. The van der Waals surface area contributed by atoms with E-state index in [1.54, 1.807) is 0 Å². The largest absolute Gasteiger partial charge is 0.208 e. The van der Waals surface area contributed by atoms with Crippen molar-refractivity contribution in [2.24, 2.45) is 17.8 Å². The van der Waals surface area contributed by atoms with Crippen LogP contribution in [0.4, 0.5) is 0 Å². The van der Waals surface area contributed by atoms with Gasteiger partial charge in [-0.2, -0.15) is 5.26 Å². The summed E-state index contributed by atoms with van der Waals surface area (Å²) in [7, 11) is 0. The molecule has 2 aliphatic rings. The first-order chi connectivity index (χ1) is 26.5. The Hall–Kier alpha value is -5.92. The topological polar surface area (TPSA) is 62.5 Å². The van der Waals surface area contributed by atoms with Crippen LogP contribution in [0.3, 0.4) is 0 Å². The van der Waals surface area contributed by atoms with Crippen LogP contribution in [0.5, 0.6) is 0 Å². The second kappa shape index (κ2) is 14.1. The Kier molecular flexibility index (Phi) is 8.87. The van der Waals surface area contributed by atoms with Gasteiger partial charge in [-0.3, -0.25) is 0 Å². The Morgan fingerprint density at radius 3 is 1.98 bits per heavy atom. The Bertz CT molecular complexity index is 2500. The molecule has 1 aromatic heterocycles. The molecule has 9 rings (SSSR count). The number of nitrogens with zero attached hydrogens (tertiary/aromatic N) is 4. The SMILES string of the molecule is CC[C@@H]1C[C@@H]2C[C@H](C)CC(c3ccc(-c4ccc(-c5nc(-c6ccccc6)nc(-c6cccc7c(C#N)cccc67)n5)c(-c5ccccc5)c4)cc3)(C1)C2. The lowest BCUT2D eigenvalue weighted by Crippen LogP contribution is -2.42. The Balaban J connectivity index is 1.17. The molecular weight excluding hydrogens is 657 g/mol. The lowest BCUT2D eigenvalue weighted by atomic mass is 9.54. The van der Waals surface area contributed by atoms with E-state index in [4.69, 9.17) is 15.0 Å². The second-order valence-electron chi connectivity index (χ2n) is 15.8. The van der Waals surface area contributed by atoms with Gasteiger partial charge in [-0.15, -0.1) is 0 Å². The first-order valence-corrected chi connectivity index (χ1v) is 19.5. The van der Waals surface area contributed by atoms with Crippen LogP contribution in [0.1, 0.15) is 63.5 Å². The highest BCUT2D eigenvalue weighted by molar-refractivity contribution is 5.98. The van der Waals surface area contributed by atoms with Crippen LogP contribution < -0.4 is 0 Å². The normalized spacial score (nSPS) is 20.7. The van der Waals surface area contributed by atoms with Crippen LogP contribution in [-0.2, 0) is 5.41 Å². The van der Waals surface area contributed by atoms with E-state index >= 15 is 0 Å². The zero-order valence-corrected chi connectivity index (χ0v) is 31.0. The molecule has 4 heteroatoms. The number of rotatable bonds is 7. The first-order valence-electron chi connectivity index (χ1n) is 19.5. The average molecular weight is 701 g/mol. The van der Waals surface area contributed by atoms with E-state index in [2.05, 4.69) is 92.7 Å². The third-order valence-corrected chi connectivity index (χ3v) is 12.2. The predicted octanol–water partition coefficient (Wildman–Crippen LogP) is 12.7. The van der Waals surface area contributed by atoms with Gasteiger partial charge in [0.2, 0.25) is 0 Å². The van der Waals surface area contributed by atoms with Gasteiger partial charge in [0.25, 0.3) is 0 Å². The maximum absolute atomic E-state index is 9.87. The number of aromatic nitrogens is 3. The quantitative estimate of drug-likeness (QED) is 0.166. The van der Waals surface area contributed by atoms with Crippen molar-refractivity contribution in [3.8, 4) is 62.5 Å². The number of hydrogen-bond acceptors (Lipinski definition) is 4. The lowest BCUT2D eigenvalue weighted by molar-refractivity contribution is 0.0702. The van der Waals surface area contributed by atoms with Gasteiger partial charge in [0, 0.05) is 22.1 Å². The van der Waals surface area contributed by atoms with Crippen LogP contribution >= 0.6 is 0 Å². The minimum Gasteiger partial charge on any atom is -0.208 e. The number of fused-ring (bicyclic) bond motifs is 3. The summed E-state index contributed by atoms with van der Waals surface area (Å²) in [6.45, 7) is 4.86. The molecule has 0 amide bonds. The van der Waals surface area contributed by atoms with E-state index in [1.165, 1.54) is 55.2 Å². The maximum atomic E-state index is 9.87. The van der Waals surface area contributed by atoms with Crippen LogP contribution in [-0.4, -0.2) is 15.0 Å². The summed E-state index contributed by atoms with van der Waals surface area (Å²) in [6.07, 6.45) is 8.08.